The Balaban J connectivity index is 2.38. The fourth-order valence-corrected chi connectivity index (χ4v) is 3.52. The van der Waals surface area contributed by atoms with Crippen molar-refractivity contribution in [3.8, 4) is 0 Å². The van der Waals surface area contributed by atoms with Crippen LogP contribution in [0.2, 0.25) is 0 Å². The van der Waals surface area contributed by atoms with Gasteiger partial charge in [0.15, 0.2) is 11.8 Å². The number of methoxy groups -OCH3 is 1. The minimum absolute atomic E-state index is 0.0544. The molecule has 1 aliphatic heterocycles. The number of rotatable bonds is 8. The molecule has 8 heteroatoms. The number of anilines is 2. The van der Waals surface area contributed by atoms with E-state index in [1.807, 2.05) is 24.0 Å². The zero-order valence-electron chi connectivity index (χ0n) is 17.0. The predicted molar refractivity (Wildman–Crippen MR) is 108 cm³/mol. The smallest absolute Gasteiger partial charge is 0.330 e. The van der Waals surface area contributed by atoms with E-state index in [1.54, 1.807) is 13.1 Å². The van der Waals surface area contributed by atoms with Gasteiger partial charge < -0.3 is 20.7 Å². The van der Waals surface area contributed by atoms with Crippen molar-refractivity contribution in [3.05, 3.63) is 23.8 Å². The molecule has 2 atom stereocenters. The van der Waals surface area contributed by atoms with Crippen LogP contribution in [0.5, 0.6) is 0 Å². The molecule has 1 saturated heterocycles. The lowest BCUT2D eigenvalue weighted by Gasteiger charge is -2.34. The van der Waals surface area contributed by atoms with Crippen LogP contribution in [0.25, 0.3) is 0 Å². The maximum atomic E-state index is 13.4. The van der Waals surface area contributed by atoms with Gasteiger partial charge in [0, 0.05) is 26.7 Å². The van der Waals surface area contributed by atoms with E-state index >= 15 is 0 Å². The van der Waals surface area contributed by atoms with Crippen molar-refractivity contribution < 1.29 is 19.1 Å². The van der Waals surface area contributed by atoms with Crippen LogP contribution in [-0.2, 0) is 24.5 Å². The van der Waals surface area contributed by atoms with Crippen LogP contribution < -0.4 is 16.4 Å². The average Bonchev–Trinajstić information content (AvgIpc) is 3.21. The number of nitrogens with zero attached hydrogens (tertiary/aromatic N) is 1. The topological polar surface area (TPSA) is 114 Å². The van der Waals surface area contributed by atoms with Crippen LogP contribution in [0.15, 0.2) is 18.2 Å². The highest BCUT2D eigenvalue weighted by Gasteiger charge is 2.41. The Hall–Kier alpha value is -2.61. The van der Waals surface area contributed by atoms with E-state index in [0.717, 1.165) is 24.1 Å². The molecule has 0 aromatic heterocycles. The molecule has 0 radical (unpaired) electrons. The van der Waals surface area contributed by atoms with Gasteiger partial charge in [-0.25, -0.2) is 4.79 Å². The van der Waals surface area contributed by atoms with Gasteiger partial charge in [-0.3, -0.25) is 14.9 Å². The molecule has 1 aliphatic rings. The predicted octanol–water partition coefficient (Wildman–Crippen LogP) is 0.911. The second kappa shape index (κ2) is 9.05. The van der Waals surface area contributed by atoms with Crippen molar-refractivity contribution in [2.45, 2.75) is 38.1 Å². The number of Topliss-reactive ketones (excluding diaryl/α,β-unsaturated/α-hetero) is 1. The summed E-state index contributed by atoms with van der Waals surface area (Å²) in [5, 5.41) is 5.94. The summed E-state index contributed by atoms with van der Waals surface area (Å²) in [7, 11) is 3.00. The van der Waals surface area contributed by atoms with Crippen molar-refractivity contribution in [2.75, 3.05) is 44.8 Å². The van der Waals surface area contributed by atoms with Crippen LogP contribution in [-0.4, -0.2) is 62.4 Å². The molecular formula is C20H30N4O4. The third kappa shape index (κ3) is 4.44. The third-order valence-electron chi connectivity index (χ3n) is 5.33. The van der Waals surface area contributed by atoms with Crippen molar-refractivity contribution in [1.29, 1.82) is 0 Å². The first-order valence-electron chi connectivity index (χ1n) is 9.43. The molecule has 28 heavy (non-hydrogen) atoms. The summed E-state index contributed by atoms with van der Waals surface area (Å²) >= 11 is 0. The molecule has 1 fully saturated rings. The number of carbonyl (C=O) groups excluding carboxylic acids is 3. The SMILES string of the molecule is CNc1ccc(C(C)(CNC(C(C)=O)C(=O)OC)C(=O)N2CCCC2)cc1N. The zero-order valence-corrected chi connectivity index (χ0v) is 17.0. The summed E-state index contributed by atoms with van der Waals surface area (Å²) in [6.45, 7) is 4.62. The first-order chi connectivity index (χ1) is 13.2. The van der Waals surface area contributed by atoms with E-state index in [4.69, 9.17) is 10.5 Å². The Morgan fingerprint density at radius 3 is 2.43 bits per heavy atom. The van der Waals surface area contributed by atoms with Gasteiger partial charge in [0.05, 0.1) is 23.9 Å². The second-order valence-corrected chi connectivity index (χ2v) is 7.33. The Kier molecular flexibility index (Phi) is 7.01. The minimum atomic E-state index is -1.12. The summed E-state index contributed by atoms with van der Waals surface area (Å²) in [4.78, 5) is 39.0. The maximum Gasteiger partial charge on any atom is 0.330 e. The molecule has 4 N–H and O–H groups in total. The number of esters is 1. The minimum Gasteiger partial charge on any atom is -0.468 e. The van der Waals surface area contributed by atoms with Crippen LogP contribution >= 0.6 is 0 Å². The average molecular weight is 390 g/mol. The summed E-state index contributed by atoms with van der Waals surface area (Å²) in [6, 6.07) is 4.31. The second-order valence-electron chi connectivity index (χ2n) is 7.33. The van der Waals surface area contributed by atoms with E-state index < -0.39 is 17.4 Å². The van der Waals surface area contributed by atoms with Gasteiger partial charge in [0.25, 0.3) is 0 Å². The lowest BCUT2D eigenvalue weighted by atomic mass is 9.80. The molecular weight excluding hydrogens is 360 g/mol. The number of benzene rings is 1. The molecule has 1 amide bonds. The summed E-state index contributed by atoms with van der Waals surface area (Å²) in [6.07, 6.45) is 1.93. The lowest BCUT2D eigenvalue weighted by Crippen LogP contribution is -2.54. The van der Waals surface area contributed by atoms with Gasteiger partial charge in [0.2, 0.25) is 5.91 Å². The first kappa shape index (κ1) is 21.7. The van der Waals surface area contributed by atoms with Gasteiger partial charge in [-0.05, 0) is 44.4 Å². The van der Waals surface area contributed by atoms with E-state index in [0.29, 0.717) is 18.8 Å². The lowest BCUT2D eigenvalue weighted by molar-refractivity contribution is -0.147. The van der Waals surface area contributed by atoms with Crippen LogP contribution in [0, 0.1) is 0 Å². The number of nitrogen functional groups attached to an aromatic ring is 1. The highest BCUT2D eigenvalue weighted by Crippen LogP contribution is 2.31. The van der Waals surface area contributed by atoms with Gasteiger partial charge in [0.1, 0.15) is 0 Å². The molecule has 0 aliphatic carbocycles. The molecule has 2 rings (SSSR count). The third-order valence-corrected chi connectivity index (χ3v) is 5.33. The normalized spacial score (nSPS) is 16.9. The molecule has 8 nitrogen and oxygen atoms in total. The Labute approximate surface area is 165 Å². The molecule has 1 aromatic carbocycles. The fourth-order valence-electron chi connectivity index (χ4n) is 3.52. The highest BCUT2D eigenvalue weighted by atomic mass is 16.5. The first-order valence-corrected chi connectivity index (χ1v) is 9.43. The van der Waals surface area contributed by atoms with Gasteiger partial charge in [-0.2, -0.15) is 0 Å². The van der Waals surface area contributed by atoms with Crippen molar-refractivity contribution in [1.82, 2.24) is 10.2 Å². The van der Waals surface area contributed by atoms with Crippen molar-refractivity contribution in [3.63, 3.8) is 0 Å². The van der Waals surface area contributed by atoms with Gasteiger partial charge in [-0.1, -0.05) is 6.07 Å². The van der Waals surface area contributed by atoms with E-state index in [1.165, 1.54) is 14.0 Å². The highest BCUT2D eigenvalue weighted by molar-refractivity contribution is 6.02. The van der Waals surface area contributed by atoms with Crippen molar-refractivity contribution in [2.24, 2.45) is 0 Å². The Morgan fingerprint density at radius 1 is 1.29 bits per heavy atom. The van der Waals surface area contributed by atoms with E-state index in [2.05, 4.69) is 10.6 Å². The number of hydrogen-bond donors (Lipinski definition) is 3. The summed E-state index contributed by atoms with van der Waals surface area (Å²) in [5.41, 5.74) is 7.14. The number of carbonyl (C=O) groups is 3. The summed E-state index contributed by atoms with van der Waals surface area (Å²) in [5.74, 6) is -1.09. The molecule has 154 valence electrons. The standard InChI is InChI=1S/C20H30N4O4/c1-13(25)17(18(26)28-4)23-12-20(2,19(27)24-9-5-6-10-24)14-7-8-16(22-3)15(21)11-14/h7-8,11,17,22-23H,5-6,9-10,12,21H2,1-4H3. The zero-order chi connectivity index (χ0) is 20.9. The molecule has 0 bridgehead atoms. The molecule has 1 heterocycles. The molecule has 2 unspecified atom stereocenters. The number of nitrogens with one attached hydrogen (secondary N) is 2. The van der Waals surface area contributed by atoms with Crippen LogP contribution in [0.4, 0.5) is 11.4 Å². The van der Waals surface area contributed by atoms with Crippen molar-refractivity contribution >= 4 is 29.0 Å². The van der Waals surface area contributed by atoms with E-state index in [-0.39, 0.29) is 18.2 Å². The monoisotopic (exact) mass is 390 g/mol. The number of nitrogens with two attached hydrogens (primary N) is 1. The Bertz CT molecular complexity index is 746. The number of hydrogen-bond acceptors (Lipinski definition) is 7. The van der Waals surface area contributed by atoms with Crippen LogP contribution in [0.1, 0.15) is 32.3 Å². The number of ether oxygens (including phenoxy) is 1. The number of amides is 1. The molecule has 1 aromatic rings. The molecule has 0 spiro atoms. The van der Waals surface area contributed by atoms with E-state index in [9.17, 15) is 14.4 Å². The summed E-state index contributed by atoms with van der Waals surface area (Å²) < 4.78 is 4.71. The quantitative estimate of drug-likeness (QED) is 0.343. The van der Waals surface area contributed by atoms with Gasteiger partial charge >= 0.3 is 5.97 Å². The Morgan fingerprint density at radius 2 is 1.93 bits per heavy atom. The fraction of sp³-hybridized carbons (Fsp3) is 0.550. The largest absolute Gasteiger partial charge is 0.468 e. The van der Waals surface area contributed by atoms with Gasteiger partial charge in [-0.15, -0.1) is 0 Å². The molecule has 0 saturated carbocycles. The van der Waals surface area contributed by atoms with Crippen LogP contribution in [0.3, 0.4) is 0 Å². The number of ketones is 1. The number of likely N-dealkylation sites (tertiary alicyclic amines) is 1. The maximum absolute atomic E-state index is 13.4.